The minimum absolute atomic E-state index is 0.0821. The summed E-state index contributed by atoms with van der Waals surface area (Å²) in [5.41, 5.74) is -3.74. The lowest BCUT2D eigenvalue weighted by molar-refractivity contribution is -0.187. The normalized spacial score (nSPS) is 10.9. The molecule has 0 unspecified atom stereocenters. The van der Waals surface area contributed by atoms with Crippen molar-refractivity contribution in [1.29, 1.82) is 0 Å². The van der Waals surface area contributed by atoms with E-state index in [2.05, 4.69) is 16.6 Å². The molecule has 2 nitrogen and oxygen atoms in total. The van der Waals surface area contributed by atoms with Gasteiger partial charge in [-0.25, -0.2) is 35.1 Å². The van der Waals surface area contributed by atoms with E-state index in [4.69, 9.17) is 4.74 Å². The van der Waals surface area contributed by atoms with E-state index in [1.807, 2.05) is 11.8 Å². The molecule has 43 heavy (non-hydrogen) atoms. The van der Waals surface area contributed by atoms with Gasteiger partial charge in [0.05, 0.1) is 17.7 Å². The zero-order valence-electron chi connectivity index (χ0n) is 21.5. The Morgan fingerprint density at radius 2 is 1.02 bits per heavy atom. The number of halogens is 10. The monoisotopic (exact) mass is 608 g/mol. The molecular weight excluding hydrogens is 594 g/mol. The van der Waals surface area contributed by atoms with Crippen molar-refractivity contribution < 1.29 is 53.4 Å². The SMILES string of the molecule is CCOc1cc(F)c(C#Cc2ccc(C(F)(F)Oc3cc(F)c(C#Cc4cc(F)c(F)c(F)c4)c(F)c3)c(F)c2)c(F)c1. The van der Waals surface area contributed by atoms with E-state index in [1.165, 1.54) is 0 Å². The van der Waals surface area contributed by atoms with Crippen molar-refractivity contribution in [1.82, 2.24) is 0 Å². The van der Waals surface area contributed by atoms with Crippen molar-refractivity contribution in [2.24, 2.45) is 0 Å². The van der Waals surface area contributed by atoms with Crippen LogP contribution in [0.4, 0.5) is 43.9 Å². The second kappa shape index (κ2) is 12.4. The van der Waals surface area contributed by atoms with Crippen LogP contribution in [0.25, 0.3) is 0 Å². The summed E-state index contributed by atoms with van der Waals surface area (Å²) >= 11 is 0. The average Bonchev–Trinajstić information content (AvgIpc) is 2.90. The second-order valence-corrected chi connectivity index (χ2v) is 8.52. The fourth-order valence-corrected chi connectivity index (χ4v) is 3.58. The van der Waals surface area contributed by atoms with Crippen LogP contribution in [0.2, 0.25) is 0 Å². The maximum atomic E-state index is 14.7. The van der Waals surface area contributed by atoms with E-state index in [0.29, 0.717) is 36.4 Å². The number of ether oxygens (including phenoxy) is 2. The summed E-state index contributed by atoms with van der Waals surface area (Å²) in [4.78, 5) is 0. The quantitative estimate of drug-likeness (QED) is 0.130. The molecule has 0 saturated carbocycles. The summed E-state index contributed by atoms with van der Waals surface area (Å²) in [6.07, 6.45) is -4.47. The molecule has 0 N–H and O–H groups in total. The van der Waals surface area contributed by atoms with Gasteiger partial charge in [-0.05, 0) is 37.3 Å². The average molecular weight is 608 g/mol. The van der Waals surface area contributed by atoms with Gasteiger partial charge in [-0.1, -0.05) is 23.7 Å². The van der Waals surface area contributed by atoms with Gasteiger partial charge >= 0.3 is 6.11 Å². The molecule has 0 atom stereocenters. The maximum absolute atomic E-state index is 14.7. The van der Waals surface area contributed by atoms with Crippen LogP contribution in [-0.2, 0) is 6.11 Å². The highest BCUT2D eigenvalue weighted by Gasteiger charge is 2.38. The third-order valence-corrected chi connectivity index (χ3v) is 5.52. The van der Waals surface area contributed by atoms with Crippen LogP contribution < -0.4 is 9.47 Å². The number of alkyl halides is 2. The van der Waals surface area contributed by atoms with Crippen molar-refractivity contribution in [3.63, 3.8) is 0 Å². The third kappa shape index (κ3) is 7.04. The Bertz CT molecular complexity index is 1780. The molecule has 0 aliphatic heterocycles. The fourth-order valence-electron chi connectivity index (χ4n) is 3.58. The summed E-state index contributed by atoms with van der Waals surface area (Å²) in [6.45, 7) is 1.76. The van der Waals surface area contributed by atoms with E-state index in [1.54, 1.807) is 6.92 Å². The Hall–Kier alpha value is -5.10. The van der Waals surface area contributed by atoms with Gasteiger partial charge in [-0.3, -0.25) is 0 Å². The fraction of sp³-hybridized carbons (Fsp3) is 0.0968. The minimum Gasteiger partial charge on any atom is -0.494 e. The number of hydrogen-bond donors (Lipinski definition) is 0. The molecule has 0 aliphatic rings. The van der Waals surface area contributed by atoms with Gasteiger partial charge in [0.25, 0.3) is 0 Å². The highest BCUT2D eigenvalue weighted by atomic mass is 19.3. The molecule has 0 radical (unpaired) electrons. The predicted molar refractivity (Wildman–Crippen MR) is 133 cm³/mol. The van der Waals surface area contributed by atoms with Gasteiger partial charge in [0.15, 0.2) is 17.5 Å². The number of benzene rings is 4. The molecule has 220 valence electrons. The maximum Gasteiger partial charge on any atom is 0.429 e. The third-order valence-electron chi connectivity index (χ3n) is 5.52. The lowest BCUT2D eigenvalue weighted by atomic mass is 10.1. The van der Waals surface area contributed by atoms with Gasteiger partial charge in [0.1, 0.15) is 46.1 Å². The molecule has 0 saturated heterocycles. The van der Waals surface area contributed by atoms with Crippen LogP contribution in [0.1, 0.15) is 34.7 Å². The number of hydrogen-bond acceptors (Lipinski definition) is 2. The lowest BCUT2D eigenvalue weighted by Gasteiger charge is -2.19. The molecule has 0 heterocycles. The summed E-state index contributed by atoms with van der Waals surface area (Å²) in [6, 6.07) is 5.32. The van der Waals surface area contributed by atoms with Crippen LogP contribution in [0.15, 0.2) is 54.6 Å². The summed E-state index contributed by atoms with van der Waals surface area (Å²) in [5, 5.41) is 0. The van der Waals surface area contributed by atoms with Crippen LogP contribution in [0.5, 0.6) is 11.5 Å². The molecular formula is C31H14F10O2. The zero-order valence-corrected chi connectivity index (χ0v) is 21.5. The summed E-state index contributed by atoms with van der Waals surface area (Å²) < 4.78 is 150. The van der Waals surface area contributed by atoms with Gasteiger partial charge in [0.2, 0.25) is 0 Å². The first-order valence-electron chi connectivity index (χ1n) is 12.0. The molecule has 0 bridgehead atoms. The molecule has 4 rings (SSSR count). The predicted octanol–water partition coefficient (Wildman–Crippen LogP) is 8.13. The molecule has 12 heteroatoms. The molecule has 0 aromatic heterocycles. The van der Waals surface area contributed by atoms with Crippen LogP contribution in [-0.4, -0.2) is 6.61 Å². The Morgan fingerprint density at radius 3 is 1.51 bits per heavy atom. The topological polar surface area (TPSA) is 18.5 Å². The zero-order chi connectivity index (χ0) is 31.5. The van der Waals surface area contributed by atoms with Gasteiger partial charge in [0, 0.05) is 35.4 Å². The van der Waals surface area contributed by atoms with E-state index >= 15 is 0 Å². The highest BCUT2D eigenvalue weighted by Crippen LogP contribution is 2.34. The first-order valence-corrected chi connectivity index (χ1v) is 12.0. The van der Waals surface area contributed by atoms with Crippen LogP contribution in [0.3, 0.4) is 0 Å². The number of rotatable bonds is 5. The van der Waals surface area contributed by atoms with E-state index < -0.39 is 80.6 Å². The van der Waals surface area contributed by atoms with Gasteiger partial charge < -0.3 is 9.47 Å². The highest BCUT2D eigenvalue weighted by molar-refractivity contribution is 5.48. The largest absolute Gasteiger partial charge is 0.494 e. The van der Waals surface area contributed by atoms with Gasteiger partial charge in [-0.15, -0.1) is 0 Å². The molecule has 0 amide bonds. The Kier molecular flexibility index (Phi) is 8.90. The van der Waals surface area contributed by atoms with Crippen LogP contribution >= 0.6 is 0 Å². The smallest absolute Gasteiger partial charge is 0.429 e. The first kappa shape index (κ1) is 30.8. The van der Waals surface area contributed by atoms with E-state index in [9.17, 15) is 43.9 Å². The Morgan fingerprint density at radius 1 is 0.558 bits per heavy atom. The molecule has 0 spiro atoms. The van der Waals surface area contributed by atoms with Crippen LogP contribution in [0, 0.1) is 70.2 Å². The van der Waals surface area contributed by atoms with Crippen molar-refractivity contribution in [3.8, 4) is 35.2 Å². The summed E-state index contributed by atoms with van der Waals surface area (Å²) in [7, 11) is 0. The molecule has 4 aromatic rings. The van der Waals surface area contributed by atoms with E-state index in [-0.39, 0.29) is 17.9 Å². The Labute approximate surface area is 237 Å². The second-order valence-electron chi connectivity index (χ2n) is 8.52. The lowest BCUT2D eigenvalue weighted by Crippen LogP contribution is -2.23. The standard InChI is InChI=1S/C31H14F10O2/c1-2-42-18-12-23(32)20(24(33)13-18)6-3-16-5-8-22(27(36)9-16)31(40,41)43-19-14-25(34)21(26(35)15-19)7-4-17-10-28(37)30(39)29(38)11-17/h5,8-15H,2H2,1H3. The Balaban J connectivity index is 1.55. The molecule has 0 fully saturated rings. The minimum atomic E-state index is -4.47. The van der Waals surface area contributed by atoms with Crippen molar-refractivity contribution in [3.05, 3.63) is 129 Å². The summed E-state index contributed by atoms with van der Waals surface area (Å²) in [5.74, 6) is -4.52. The molecule has 4 aromatic carbocycles. The van der Waals surface area contributed by atoms with E-state index in [0.717, 1.165) is 18.2 Å². The molecule has 0 aliphatic carbocycles. The van der Waals surface area contributed by atoms with Crippen molar-refractivity contribution >= 4 is 0 Å². The van der Waals surface area contributed by atoms with Gasteiger partial charge in [-0.2, -0.15) is 8.78 Å². The van der Waals surface area contributed by atoms with Crippen molar-refractivity contribution in [2.45, 2.75) is 13.0 Å². The first-order chi connectivity index (χ1) is 20.3. The van der Waals surface area contributed by atoms with Crippen molar-refractivity contribution in [2.75, 3.05) is 6.61 Å².